The van der Waals surface area contributed by atoms with Crippen LogP contribution in [0.3, 0.4) is 0 Å². The minimum atomic E-state index is -3.82. The summed E-state index contributed by atoms with van der Waals surface area (Å²) in [5, 5.41) is 0. The number of carbonyl (C=O) groups is 1. The summed E-state index contributed by atoms with van der Waals surface area (Å²) in [5.74, 6) is 0.109. The number of nitrogens with one attached hydrogen (secondary N) is 1. The number of para-hydroxylation sites is 1. The van der Waals surface area contributed by atoms with Gasteiger partial charge in [0.15, 0.2) is 4.80 Å². The summed E-state index contributed by atoms with van der Waals surface area (Å²) < 4.78 is 35.9. The van der Waals surface area contributed by atoms with E-state index in [0.717, 1.165) is 15.8 Å². The lowest BCUT2D eigenvalue weighted by atomic mass is 10.2. The van der Waals surface area contributed by atoms with Gasteiger partial charge in [-0.15, -0.1) is 0 Å². The molecule has 0 atom stereocenters. The summed E-state index contributed by atoms with van der Waals surface area (Å²) in [6.07, 6.45) is 0. The van der Waals surface area contributed by atoms with E-state index in [-0.39, 0.29) is 16.1 Å². The molecule has 0 fully saturated rings. The number of thiazole rings is 1. The lowest BCUT2D eigenvalue weighted by Crippen LogP contribution is -2.15. The highest BCUT2D eigenvalue weighted by atomic mass is 32.2. The fourth-order valence-corrected chi connectivity index (χ4v) is 5.48. The summed E-state index contributed by atoms with van der Waals surface area (Å²) in [5.41, 5.74) is 2.70. The summed E-state index contributed by atoms with van der Waals surface area (Å²) in [6, 6.07) is 18.3. The summed E-state index contributed by atoms with van der Waals surface area (Å²) in [6.45, 7) is 2.01. The van der Waals surface area contributed by atoms with Gasteiger partial charge in [-0.25, -0.2) is 8.42 Å². The van der Waals surface area contributed by atoms with Crippen LogP contribution in [0.1, 0.15) is 15.9 Å². The van der Waals surface area contributed by atoms with Crippen molar-refractivity contribution in [1.82, 2.24) is 4.57 Å². The fraction of sp³-hybridized carbons (Fsp3) is 0.130. The Kier molecular flexibility index (Phi) is 5.86. The Balaban J connectivity index is 1.63. The predicted octanol–water partition coefficient (Wildman–Crippen LogP) is 4.10. The fourth-order valence-electron chi connectivity index (χ4n) is 3.34. The van der Waals surface area contributed by atoms with Crippen molar-refractivity contribution in [2.24, 2.45) is 12.0 Å². The van der Waals surface area contributed by atoms with Crippen LogP contribution in [0, 0.1) is 6.92 Å². The minimum absolute atomic E-state index is 0.0902. The second kappa shape index (κ2) is 8.60. The van der Waals surface area contributed by atoms with Crippen molar-refractivity contribution in [3.8, 4) is 5.75 Å². The van der Waals surface area contributed by atoms with Gasteiger partial charge in [0, 0.05) is 18.3 Å². The van der Waals surface area contributed by atoms with Crippen LogP contribution in [-0.2, 0) is 17.1 Å². The number of hydrogen-bond donors (Lipinski definition) is 1. The van der Waals surface area contributed by atoms with Gasteiger partial charge >= 0.3 is 0 Å². The summed E-state index contributed by atoms with van der Waals surface area (Å²) in [7, 11) is -0.436. The largest absolute Gasteiger partial charge is 0.497 e. The van der Waals surface area contributed by atoms with Gasteiger partial charge in [-0.05, 0) is 61.0 Å². The number of fused-ring (bicyclic) bond motifs is 1. The number of aryl methyl sites for hydroxylation is 2. The van der Waals surface area contributed by atoms with Crippen LogP contribution in [0.4, 0.5) is 5.69 Å². The van der Waals surface area contributed by atoms with E-state index in [1.54, 1.807) is 30.3 Å². The molecule has 0 aliphatic rings. The Bertz CT molecular complexity index is 1480. The number of ether oxygens (including phenoxy) is 1. The molecule has 1 aromatic heterocycles. The third kappa shape index (κ3) is 4.30. The zero-order valence-corrected chi connectivity index (χ0v) is 19.3. The van der Waals surface area contributed by atoms with Crippen molar-refractivity contribution in [3.63, 3.8) is 0 Å². The highest BCUT2D eigenvalue weighted by Gasteiger charge is 2.15. The van der Waals surface area contributed by atoms with Gasteiger partial charge in [-0.3, -0.25) is 9.52 Å². The number of methoxy groups -OCH3 is 1. The van der Waals surface area contributed by atoms with E-state index in [0.29, 0.717) is 10.6 Å². The van der Waals surface area contributed by atoms with E-state index in [9.17, 15) is 13.2 Å². The highest BCUT2D eigenvalue weighted by Crippen LogP contribution is 2.21. The second-order valence-corrected chi connectivity index (χ2v) is 9.84. The van der Waals surface area contributed by atoms with Crippen molar-refractivity contribution in [2.75, 3.05) is 11.8 Å². The first-order valence-electron chi connectivity index (χ1n) is 9.69. The topological polar surface area (TPSA) is 89.8 Å². The first kappa shape index (κ1) is 21.8. The number of hydrogen-bond acceptors (Lipinski definition) is 5. The number of carbonyl (C=O) groups excluding carboxylic acids is 1. The number of aromatic nitrogens is 1. The van der Waals surface area contributed by atoms with Crippen molar-refractivity contribution >= 4 is 43.2 Å². The van der Waals surface area contributed by atoms with E-state index in [4.69, 9.17) is 4.74 Å². The Morgan fingerprint density at radius 1 is 1.06 bits per heavy atom. The lowest BCUT2D eigenvalue weighted by Gasteiger charge is -2.09. The second-order valence-electron chi connectivity index (χ2n) is 7.14. The van der Waals surface area contributed by atoms with E-state index >= 15 is 0 Å². The number of sulfonamides is 1. The third-order valence-corrected chi connectivity index (χ3v) is 7.45. The number of benzene rings is 3. The van der Waals surface area contributed by atoms with E-state index in [2.05, 4.69) is 9.71 Å². The lowest BCUT2D eigenvalue weighted by molar-refractivity contribution is 0.0998. The average molecular weight is 468 g/mol. The van der Waals surface area contributed by atoms with Crippen LogP contribution in [0.2, 0.25) is 0 Å². The first-order chi connectivity index (χ1) is 15.3. The molecular weight excluding hydrogens is 446 g/mol. The number of anilines is 1. The van der Waals surface area contributed by atoms with Crippen molar-refractivity contribution in [2.45, 2.75) is 11.8 Å². The Morgan fingerprint density at radius 3 is 2.47 bits per heavy atom. The average Bonchev–Trinajstić information content (AvgIpc) is 3.10. The molecule has 4 rings (SSSR count). The van der Waals surface area contributed by atoms with Gasteiger partial charge in [-0.1, -0.05) is 29.5 Å². The van der Waals surface area contributed by atoms with E-state index < -0.39 is 15.9 Å². The van der Waals surface area contributed by atoms with Crippen LogP contribution in [-0.4, -0.2) is 26.0 Å². The Hall–Kier alpha value is -3.43. The normalized spacial score (nSPS) is 12.2. The molecule has 4 aromatic rings. The van der Waals surface area contributed by atoms with Crippen LogP contribution in [0.15, 0.2) is 76.6 Å². The molecular formula is C23H21N3O4S2. The molecule has 9 heteroatoms. The SMILES string of the molecule is COc1ccc(S(=O)(=O)Nc2cccc(C(=O)N=c3sc4cccc(C)c4n3C)c2)cc1. The monoisotopic (exact) mass is 467 g/mol. The van der Waals surface area contributed by atoms with Crippen LogP contribution < -0.4 is 14.3 Å². The molecule has 1 N–H and O–H groups in total. The van der Waals surface area contributed by atoms with Crippen molar-refractivity contribution in [1.29, 1.82) is 0 Å². The van der Waals surface area contributed by atoms with Crippen molar-refractivity contribution < 1.29 is 17.9 Å². The van der Waals surface area contributed by atoms with Gasteiger partial charge in [0.2, 0.25) is 0 Å². The zero-order chi connectivity index (χ0) is 22.9. The maximum Gasteiger partial charge on any atom is 0.279 e. The summed E-state index contributed by atoms with van der Waals surface area (Å²) >= 11 is 1.43. The number of nitrogens with zero attached hydrogens (tertiary/aromatic N) is 2. The molecule has 0 bridgehead atoms. The first-order valence-corrected chi connectivity index (χ1v) is 12.0. The molecule has 164 valence electrons. The number of amides is 1. The quantitative estimate of drug-likeness (QED) is 0.479. The van der Waals surface area contributed by atoms with Gasteiger partial charge in [0.1, 0.15) is 5.75 Å². The van der Waals surface area contributed by atoms with Crippen molar-refractivity contribution in [3.05, 3.63) is 82.7 Å². The standard InChI is InChI=1S/C23H21N3O4S2/c1-15-6-4-9-20-21(15)26(2)23(31-20)24-22(27)16-7-5-8-17(14-16)25-32(28,29)19-12-10-18(30-3)11-13-19/h4-14,25H,1-3H3. The van der Waals surface area contributed by atoms with E-state index in [1.165, 1.54) is 36.6 Å². The highest BCUT2D eigenvalue weighted by molar-refractivity contribution is 7.92. The molecule has 0 saturated heterocycles. The smallest absolute Gasteiger partial charge is 0.279 e. The van der Waals surface area contributed by atoms with Gasteiger partial charge in [-0.2, -0.15) is 4.99 Å². The predicted molar refractivity (Wildman–Crippen MR) is 126 cm³/mol. The molecule has 1 amide bonds. The van der Waals surface area contributed by atoms with Crippen LogP contribution in [0.5, 0.6) is 5.75 Å². The zero-order valence-electron chi connectivity index (χ0n) is 17.7. The molecule has 7 nitrogen and oxygen atoms in total. The van der Waals surface area contributed by atoms with Gasteiger partial charge in [0.25, 0.3) is 15.9 Å². The Labute approximate surface area is 189 Å². The molecule has 0 saturated carbocycles. The minimum Gasteiger partial charge on any atom is -0.497 e. The molecule has 0 radical (unpaired) electrons. The molecule has 1 heterocycles. The molecule has 0 unspecified atom stereocenters. The van der Waals surface area contributed by atoms with Gasteiger partial charge < -0.3 is 9.30 Å². The van der Waals surface area contributed by atoms with Crippen LogP contribution >= 0.6 is 11.3 Å². The molecule has 0 spiro atoms. The Morgan fingerprint density at radius 2 is 1.78 bits per heavy atom. The summed E-state index contributed by atoms with van der Waals surface area (Å²) in [4.78, 5) is 17.8. The number of rotatable bonds is 5. The molecule has 0 aliphatic heterocycles. The maximum atomic E-state index is 12.8. The maximum absolute atomic E-state index is 12.8. The third-order valence-electron chi connectivity index (χ3n) is 4.95. The van der Waals surface area contributed by atoms with Gasteiger partial charge in [0.05, 0.1) is 22.2 Å². The molecule has 32 heavy (non-hydrogen) atoms. The molecule has 0 aliphatic carbocycles. The van der Waals surface area contributed by atoms with Crippen LogP contribution in [0.25, 0.3) is 10.2 Å². The molecule has 3 aromatic carbocycles. The van der Waals surface area contributed by atoms with E-state index in [1.807, 2.05) is 36.7 Å².